The van der Waals surface area contributed by atoms with E-state index in [2.05, 4.69) is 5.32 Å². The minimum atomic E-state index is -0.217. The number of benzene rings is 2. The molecule has 6 nitrogen and oxygen atoms in total. The number of amides is 1. The number of methoxy groups -OCH3 is 1. The van der Waals surface area contributed by atoms with Gasteiger partial charge >= 0.3 is 0 Å². The average Bonchev–Trinajstić information content (AvgIpc) is 3.09. The van der Waals surface area contributed by atoms with E-state index in [1.54, 1.807) is 7.11 Å². The lowest BCUT2D eigenvalue weighted by molar-refractivity contribution is 0.0790. The Morgan fingerprint density at radius 2 is 1.96 bits per heavy atom. The highest BCUT2D eigenvalue weighted by Crippen LogP contribution is 2.30. The van der Waals surface area contributed by atoms with Crippen molar-refractivity contribution in [3.8, 4) is 11.5 Å². The highest BCUT2D eigenvalue weighted by Gasteiger charge is 2.22. The van der Waals surface area contributed by atoms with Gasteiger partial charge in [0.05, 0.1) is 18.7 Å². The molecule has 1 atom stereocenters. The van der Waals surface area contributed by atoms with Crippen molar-refractivity contribution >= 4 is 16.8 Å². The zero-order valence-electron chi connectivity index (χ0n) is 15.2. The Kier molecular flexibility index (Phi) is 4.98. The van der Waals surface area contributed by atoms with E-state index in [9.17, 15) is 4.79 Å². The number of ether oxygens (including phenoxy) is 3. The van der Waals surface area contributed by atoms with Crippen LogP contribution in [0.15, 0.2) is 54.7 Å². The molecular weight excluding hydrogens is 344 g/mol. The molecule has 2 heterocycles. The van der Waals surface area contributed by atoms with Crippen molar-refractivity contribution in [2.45, 2.75) is 12.6 Å². The second kappa shape index (κ2) is 7.72. The minimum absolute atomic E-state index is 0.121. The number of carbonyl (C=O) groups excluding carboxylic acids is 1. The monoisotopic (exact) mass is 366 g/mol. The van der Waals surface area contributed by atoms with Crippen LogP contribution in [0.1, 0.15) is 10.4 Å². The predicted octanol–water partition coefficient (Wildman–Crippen LogP) is 2.86. The number of hydrogen-bond donors (Lipinski definition) is 1. The minimum Gasteiger partial charge on any atom is -0.486 e. The summed E-state index contributed by atoms with van der Waals surface area (Å²) in [5.41, 5.74) is 1.67. The highest BCUT2D eigenvalue weighted by molar-refractivity contribution is 6.07. The molecule has 0 fully saturated rings. The Morgan fingerprint density at radius 1 is 1.19 bits per heavy atom. The van der Waals surface area contributed by atoms with Gasteiger partial charge in [-0.2, -0.15) is 0 Å². The normalized spacial score (nSPS) is 15.7. The molecule has 0 spiro atoms. The summed E-state index contributed by atoms with van der Waals surface area (Å²) in [5.74, 6) is 1.32. The number of nitrogens with one attached hydrogen (secondary N) is 1. The summed E-state index contributed by atoms with van der Waals surface area (Å²) in [6.07, 6.45) is 1.66. The molecule has 0 aliphatic carbocycles. The fraction of sp³-hybridized carbons (Fsp3) is 0.286. The van der Waals surface area contributed by atoms with Gasteiger partial charge in [-0.05, 0) is 18.2 Å². The van der Waals surface area contributed by atoms with Gasteiger partial charge in [0.15, 0.2) is 11.5 Å². The van der Waals surface area contributed by atoms with Crippen LogP contribution in [0.25, 0.3) is 10.9 Å². The number of fused-ring (bicyclic) bond motifs is 2. The van der Waals surface area contributed by atoms with Crippen LogP contribution in [0.3, 0.4) is 0 Å². The van der Waals surface area contributed by atoms with Gasteiger partial charge in [-0.1, -0.05) is 30.3 Å². The van der Waals surface area contributed by atoms with Gasteiger partial charge in [0.25, 0.3) is 5.91 Å². The zero-order valence-corrected chi connectivity index (χ0v) is 15.2. The van der Waals surface area contributed by atoms with Crippen LogP contribution in [-0.2, 0) is 11.3 Å². The molecule has 1 aromatic heterocycles. The van der Waals surface area contributed by atoms with Crippen LogP contribution >= 0.6 is 0 Å². The maximum atomic E-state index is 12.8. The van der Waals surface area contributed by atoms with Crippen LogP contribution < -0.4 is 14.8 Å². The number of rotatable bonds is 6. The molecule has 6 heteroatoms. The summed E-state index contributed by atoms with van der Waals surface area (Å²) in [5, 5.41) is 3.90. The Morgan fingerprint density at radius 3 is 2.81 bits per heavy atom. The Hall–Kier alpha value is -2.99. The smallest absolute Gasteiger partial charge is 0.253 e. The number of aromatic nitrogens is 1. The average molecular weight is 366 g/mol. The summed E-state index contributed by atoms with van der Waals surface area (Å²) in [7, 11) is 1.67. The van der Waals surface area contributed by atoms with Crippen LogP contribution in [-0.4, -0.2) is 43.4 Å². The second-order valence-electron chi connectivity index (χ2n) is 6.45. The van der Waals surface area contributed by atoms with Crippen LogP contribution in [0.5, 0.6) is 11.5 Å². The molecule has 1 amide bonds. The number of hydrogen-bond acceptors (Lipinski definition) is 4. The summed E-state index contributed by atoms with van der Waals surface area (Å²) < 4.78 is 18.8. The van der Waals surface area contributed by atoms with Crippen molar-refractivity contribution in [3.05, 3.63) is 60.3 Å². The second-order valence-corrected chi connectivity index (χ2v) is 6.45. The Labute approximate surface area is 157 Å². The molecule has 1 aliphatic rings. The number of nitrogens with zero attached hydrogens (tertiary/aromatic N) is 1. The van der Waals surface area contributed by atoms with Gasteiger partial charge in [-0.3, -0.25) is 4.79 Å². The van der Waals surface area contributed by atoms with Crippen molar-refractivity contribution in [2.24, 2.45) is 0 Å². The molecule has 4 rings (SSSR count). The molecule has 3 aromatic rings. The first kappa shape index (κ1) is 17.4. The molecule has 0 saturated carbocycles. The van der Waals surface area contributed by atoms with E-state index >= 15 is 0 Å². The van der Waals surface area contributed by atoms with Crippen LogP contribution in [0.4, 0.5) is 0 Å². The molecule has 0 bridgehead atoms. The molecule has 2 aromatic carbocycles. The molecule has 1 aliphatic heterocycles. The number of para-hydroxylation sites is 3. The third-order valence-electron chi connectivity index (χ3n) is 4.63. The lowest BCUT2D eigenvalue weighted by atomic mass is 10.1. The van der Waals surface area contributed by atoms with Gasteiger partial charge < -0.3 is 24.1 Å². The van der Waals surface area contributed by atoms with Crippen molar-refractivity contribution < 1.29 is 19.0 Å². The molecule has 1 unspecified atom stereocenters. The van der Waals surface area contributed by atoms with E-state index in [0.717, 1.165) is 16.7 Å². The fourth-order valence-electron chi connectivity index (χ4n) is 3.27. The largest absolute Gasteiger partial charge is 0.486 e. The van der Waals surface area contributed by atoms with Crippen molar-refractivity contribution in [1.82, 2.24) is 9.88 Å². The van der Waals surface area contributed by atoms with Gasteiger partial charge in [-0.15, -0.1) is 0 Å². The predicted molar refractivity (Wildman–Crippen MR) is 103 cm³/mol. The zero-order chi connectivity index (χ0) is 18.6. The standard InChI is InChI=1S/C21H22N2O4/c1-25-11-10-23-13-17(16-6-2-3-7-18(16)23)21(24)22-12-15-14-26-19-8-4-5-9-20(19)27-15/h2-9,13,15H,10-12,14H2,1H3,(H,22,24). The lowest BCUT2D eigenvalue weighted by Gasteiger charge is -2.26. The van der Waals surface area contributed by atoms with E-state index in [1.807, 2.05) is 59.3 Å². The first-order valence-electron chi connectivity index (χ1n) is 9.00. The van der Waals surface area contributed by atoms with Gasteiger partial charge in [0.1, 0.15) is 12.7 Å². The van der Waals surface area contributed by atoms with Crippen molar-refractivity contribution in [2.75, 3.05) is 26.9 Å². The van der Waals surface area contributed by atoms with E-state index in [-0.39, 0.29) is 12.0 Å². The lowest BCUT2D eigenvalue weighted by Crippen LogP contribution is -2.40. The van der Waals surface area contributed by atoms with E-state index in [4.69, 9.17) is 14.2 Å². The fourth-order valence-corrected chi connectivity index (χ4v) is 3.27. The third kappa shape index (κ3) is 3.61. The van der Waals surface area contributed by atoms with E-state index in [1.165, 1.54) is 0 Å². The molecule has 27 heavy (non-hydrogen) atoms. The molecular formula is C21H22N2O4. The topological polar surface area (TPSA) is 61.7 Å². The highest BCUT2D eigenvalue weighted by atomic mass is 16.6. The van der Waals surface area contributed by atoms with E-state index < -0.39 is 0 Å². The number of carbonyl (C=O) groups is 1. The van der Waals surface area contributed by atoms with Crippen LogP contribution in [0.2, 0.25) is 0 Å². The van der Waals surface area contributed by atoms with Gasteiger partial charge in [0, 0.05) is 30.8 Å². The third-order valence-corrected chi connectivity index (χ3v) is 4.63. The summed E-state index contributed by atoms with van der Waals surface area (Å²) in [6, 6.07) is 15.4. The van der Waals surface area contributed by atoms with Crippen molar-refractivity contribution in [3.63, 3.8) is 0 Å². The maximum Gasteiger partial charge on any atom is 0.253 e. The molecule has 0 radical (unpaired) electrons. The van der Waals surface area contributed by atoms with Crippen LogP contribution in [0, 0.1) is 0 Å². The first-order valence-corrected chi connectivity index (χ1v) is 9.00. The van der Waals surface area contributed by atoms with Crippen molar-refractivity contribution in [1.29, 1.82) is 0 Å². The molecule has 0 saturated heterocycles. The Balaban J connectivity index is 1.46. The Bertz CT molecular complexity index is 950. The van der Waals surface area contributed by atoms with Gasteiger partial charge in [-0.25, -0.2) is 0 Å². The summed E-state index contributed by atoms with van der Waals surface area (Å²) in [6.45, 7) is 2.07. The summed E-state index contributed by atoms with van der Waals surface area (Å²) in [4.78, 5) is 12.8. The van der Waals surface area contributed by atoms with E-state index in [0.29, 0.717) is 37.6 Å². The summed E-state index contributed by atoms with van der Waals surface area (Å²) >= 11 is 0. The SMILES string of the molecule is COCCn1cc(C(=O)NCC2COc3ccccc3O2)c2ccccc21. The molecule has 1 N–H and O–H groups in total. The first-order chi connectivity index (χ1) is 13.3. The molecule has 140 valence electrons. The maximum absolute atomic E-state index is 12.8. The quantitative estimate of drug-likeness (QED) is 0.729. The van der Waals surface area contributed by atoms with Gasteiger partial charge in [0.2, 0.25) is 0 Å².